The van der Waals surface area contributed by atoms with Crippen molar-refractivity contribution in [1.29, 1.82) is 0 Å². The minimum atomic E-state index is -0.713. The van der Waals surface area contributed by atoms with Crippen LogP contribution in [0.3, 0.4) is 0 Å². The standard InChI is InChI=1S/C13H16N2O6/c1-4-11(20-2)12(16)14-10-7-8(15(18)19)5-6-9(10)13(17)21-3/h5-7,11H,4H2,1-3H3,(H,14,16). The minimum Gasteiger partial charge on any atom is -0.465 e. The van der Waals surface area contributed by atoms with Gasteiger partial charge in [0.25, 0.3) is 11.6 Å². The molecule has 8 nitrogen and oxygen atoms in total. The quantitative estimate of drug-likeness (QED) is 0.486. The molecule has 0 aromatic heterocycles. The summed E-state index contributed by atoms with van der Waals surface area (Å²) >= 11 is 0. The summed E-state index contributed by atoms with van der Waals surface area (Å²) in [5, 5.41) is 13.2. The second-order valence-electron chi connectivity index (χ2n) is 4.10. The normalized spacial score (nSPS) is 11.6. The summed E-state index contributed by atoms with van der Waals surface area (Å²) in [6.45, 7) is 1.75. The molecule has 0 fully saturated rings. The highest BCUT2D eigenvalue weighted by atomic mass is 16.6. The van der Waals surface area contributed by atoms with E-state index in [4.69, 9.17) is 4.74 Å². The van der Waals surface area contributed by atoms with E-state index in [1.807, 2.05) is 0 Å². The van der Waals surface area contributed by atoms with E-state index in [2.05, 4.69) is 10.1 Å². The van der Waals surface area contributed by atoms with Gasteiger partial charge in [-0.3, -0.25) is 14.9 Å². The summed E-state index contributed by atoms with van der Waals surface area (Å²) in [6.07, 6.45) is -0.292. The van der Waals surface area contributed by atoms with E-state index < -0.39 is 22.9 Å². The fourth-order valence-electron chi connectivity index (χ4n) is 1.71. The zero-order chi connectivity index (χ0) is 16.0. The van der Waals surface area contributed by atoms with Crippen molar-refractivity contribution in [3.8, 4) is 0 Å². The third-order valence-corrected chi connectivity index (χ3v) is 2.82. The maximum absolute atomic E-state index is 12.0. The van der Waals surface area contributed by atoms with E-state index >= 15 is 0 Å². The second-order valence-corrected chi connectivity index (χ2v) is 4.10. The minimum absolute atomic E-state index is 0.0107. The Hall–Kier alpha value is -2.48. The second kappa shape index (κ2) is 7.34. The Morgan fingerprint density at radius 3 is 2.52 bits per heavy atom. The molecule has 0 radical (unpaired) electrons. The van der Waals surface area contributed by atoms with Gasteiger partial charge in [0.15, 0.2) is 0 Å². The Bertz CT molecular complexity index is 554. The van der Waals surface area contributed by atoms with E-state index in [0.29, 0.717) is 6.42 Å². The molecule has 1 atom stereocenters. The van der Waals surface area contributed by atoms with Crippen LogP contribution in [0.4, 0.5) is 11.4 Å². The number of hydrogen-bond acceptors (Lipinski definition) is 6. The maximum Gasteiger partial charge on any atom is 0.339 e. The van der Waals surface area contributed by atoms with E-state index in [-0.39, 0.29) is 16.9 Å². The van der Waals surface area contributed by atoms with E-state index in [0.717, 1.165) is 12.1 Å². The number of non-ortho nitro benzene ring substituents is 1. The first-order valence-electron chi connectivity index (χ1n) is 6.15. The van der Waals surface area contributed by atoms with Crippen molar-refractivity contribution in [3.63, 3.8) is 0 Å². The Labute approximate surface area is 121 Å². The lowest BCUT2D eigenvalue weighted by atomic mass is 10.1. The number of ether oxygens (including phenoxy) is 2. The highest BCUT2D eigenvalue weighted by molar-refractivity contribution is 6.02. The smallest absolute Gasteiger partial charge is 0.339 e. The Balaban J connectivity index is 3.17. The van der Waals surface area contributed by atoms with Gasteiger partial charge in [0.2, 0.25) is 0 Å². The number of nitro groups is 1. The van der Waals surface area contributed by atoms with Crippen LogP contribution in [0, 0.1) is 10.1 Å². The van der Waals surface area contributed by atoms with Crippen molar-refractivity contribution in [1.82, 2.24) is 0 Å². The van der Waals surface area contributed by atoms with Crippen LogP contribution < -0.4 is 5.32 Å². The van der Waals surface area contributed by atoms with Crippen LogP contribution in [0.5, 0.6) is 0 Å². The topological polar surface area (TPSA) is 108 Å². The first kappa shape index (κ1) is 16.6. The van der Waals surface area contributed by atoms with Gasteiger partial charge < -0.3 is 14.8 Å². The molecule has 1 aromatic carbocycles. The van der Waals surface area contributed by atoms with Gasteiger partial charge in [-0.2, -0.15) is 0 Å². The van der Waals surface area contributed by atoms with Crippen molar-refractivity contribution in [2.24, 2.45) is 0 Å². The predicted molar refractivity (Wildman–Crippen MR) is 74.2 cm³/mol. The monoisotopic (exact) mass is 296 g/mol. The molecular formula is C13H16N2O6. The van der Waals surface area contributed by atoms with Crippen LogP contribution in [-0.4, -0.2) is 37.1 Å². The van der Waals surface area contributed by atoms with Crippen molar-refractivity contribution in [3.05, 3.63) is 33.9 Å². The molecule has 0 spiro atoms. The molecular weight excluding hydrogens is 280 g/mol. The highest BCUT2D eigenvalue weighted by Gasteiger charge is 2.21. The average molecular weight is 296 g/mol. The predicted octanol–water partition coefficient (Wildman–Crippen LogP) is 1.74. The summed E-state index contributed by atoms with van der Waals surface area (Å²) in [5.41, 5.74) is -0.206. The van der Waals surface area contributed by atoms with Gasteiger partial charge in [-0.25, -0.2) is 4.79 Å². The lowest BCUT2D eigenvalue weighted by molar-refractivity contribution is -0.384. The van der Waals surface area contributed by atoms with Crippen LogP contribution in [-0.2, 0) is 14.3 Å². The third kappa shape index (κ3) is 3.99. The number of anilines is 1. The zero-order valence-corrected chi connectivity index (χ0v) is 11.9. The molecule has 114 valence electrons. The number of nitrogens with zero attached hydrogens (tertiary/aromatic N) is 1. The van der Waals surface area contributed by atoms with E-state index in [1.165, 1.54) is 20.3 Å². The number of esters is 1. The van der Waals surface area contributed by atoms with Crippen molar-refractivity contribution < 1.29 is 24.0 Å². The molecule has 0 saturated heterocycles. The highest BCUT2D eigenvalue weighted by Crippen LogP contribution is 2.23. The van der Waals surface area contributed by atoms with Crippen LogP contribution >= 0.6 is 0 Å². The molecule has 0 aliphatic rings. The van der Waals surface area contributed by atoms with Crippen molar-refractivity contribution in [2.75, 3.05) is 19.5 Å². The molecule has 0 saturated carbocycles. The van der Waals surface area contributed by atoms with Crippen LogP contribution in [0.25, 0.3) is 0 Å². The van der Waals surface area contributed by atoms with Crippen LogP contribution in [0.1, 0.15) is 23.7 Å². The molecule has 21 heavy (non-hydrogen) atoms. The summed E-state index contributed by atoms with van der Waals surface area (Å²) in [4.78, 5) is 33.8. The van der Waals surface area contributed by atoms with Crippen molar-refractivity contribution >= 4 is 23.3 Å². The first-order chi connectivity index (χ1) is 9.94. The lowest BCUT2D eigenvalue weighted by Gasteiger charge is -2.14. The van der Waals surface area contributed by atoms with Crippen molar-refractivity contribution in [2.45, 2.75) is 19.4 Å². The molecule has 1 unspecified atom stereocenters. The SMILES string of the molecule is CCC(OC)C(=O)Nc1cc([N+](=O)[O-])ccc1C(=O)OC. The number of carbonyl (C=O) groups is 2. The molecule has 0 aliphatic heterocycles. The van der Waals surface area contributed by atoms with Crippen LogP contribution in [0.15, 0.2) is 18.2 Å². The largest absolute Gasteiger partial charge is 0.465 e. The van der Waals surface area contributed by atoms with E-state index in [9.17, 15) is 19.7 Å². The average Bonchev–Trinajstić information content (AvgIpc) is 2.47. The van der Waals surface area contributed by atoms with Gasteiger partial charge in [0.05, 0.1) is 23.3 Å². The number of rotatable bonds is 6. The molecule has 8 heteroatoms. The number of amides is 1. The molecule has 1 aromatic rings. The summed E-state index contributed by atoms with van der Waals surface area (Å²) < 4.78 is 9.56. The number of benzene rings is 1. The van der Waals surface area contributed by atoms with E-state index in [1.54, 1.807) is 6.92 Å². The van der Waals surface area contributed by atoms with Gasteiger partial charge in [0.1, 0.15) is 6.10 Å². The Morgan fingerprint density at radius 1 is 1.38 bits per heavy atom. The number of methoxy groups -OCH3 is 2. The molecule has 1 amide bonds. The zero-order valence-electron chi connectivity index (χ0n) is 11.9. The molecule has 1 N–H and O–H groups in total. The fourth-order valence-corrected chi connectivity index (χ4v) is 1.71. The first-order valence-corrected chi connectivity index (χ1v) is 6.15. The number of hydrogen-bond donors (Lipinski definition) is 1. The maximum atomic E-state index is 12.0. The van der Waals surface area contributed by atoms with Gasteiger partial charge in [-0.1, -0.05) is 6.92 Å². The number of nitro benzene ring substituents is 1. The molecule has 0 heterocycles. The molecule has 0 bridgehead atoms. The summed E-state index contributed by atoms with van der Waals surface area (Å²) in [6, 6.07) is 3.50. The Kier molecular flexibility index (Phi) is 5.79. The fraction of sp³-hybridized carbons (Fsp3) is 0.385. The number of nitrogens with one attached hydrogen (secondary N) is 1. The molecule has 0 aliphatic carbocycles. The van der Waals surface area contributed by atoms with Crippen LogP contribution in [0.2, 0.25) is 0 Å². The molecule has 1 rings (SSSR count). The van der Waals surface area contributed by atoms with Gasteiger partial charge in [-0.15, -0.1) is 0 Å². The third-order valence-electron chi connectivity index (χ3n) is 2.82. The summed E-state index contributed by atoms with van der Waals surface area (Å²) in [7, 11) is 2.56. The Morgan fingerprint density at radius 2 is 2.05 bits per heavy atom. The lowest BCUT2D eigenvalue weighted by Crippen LogP contribution is -2.29. The van der Waals surface area contributed by atoms with Gasteiger partial charge in [-0.05, 0) is 12.5 Å². The van der Waals surface area contributed by atoms with Gasteiger partial charge >= 0.3 is 5.97 Å². The van der Waals surface area contributed by atoms with Gasteiger partial charge in [0, 0.05) is 19.2 Å². The number of carbonyl (C=O) groups excluding carboxylic acids is 2. The summed E-state index contributed by atoms with van der Waals surface area (Å²) in [5.74, 6) is -1.20.